The zero-order chi connectivity index (χ0) is 17.1. The van der Waals surface area contributed by atoms with E-state index >= 15 is 0 Å². The molecule has 1 saturated heterocycles. The molecule has 1 aliphatic carbocycles. The summed E-state index contributed by atoms with van der Waals surface area (Å²) in [6.45, 7) is 8.54. The molecule has 1 aliphatic heterocycles. The maximum Gasteiger partial charge on any atom is 0.223 e. The van der Waals surface area contributed by atoms with E-state index in [2.05, 4.69) is 38.9 Å². The molecule has 0 aromatic carbocycles. The molecule has 4 N–H and O–H groups in total. The SMILES string of the molecule is CC(C)CN1CCN(c2cc(NC3CC3)nc(N)n2)CC1CCO. The lowest BCUT2D eigenvalue weighted by atomic mass is 10.1. The highest BCUT2D eigenvalue weighted by Crippen LogP contribution is 2.27. The van der Waals surface area contributed by atoms with Crippen LogP contribution in [-0.2, 0) is 0 Å². The first kappa shape index (κ1) is 17.2. The normalized spacial score (nSPS) is 22.2. The summed E-state index contributed by atoms with van der Waals surface area (Å²) in [5.74, 6) is 2.65. The number of aliphatic hydroxyl groups excluding tert-OH is 1. The summed E-state index contributed by atoms with van der Waals surface area (Å²) in [5.41, 5.74) is 5.91. The van der Waals surface area contributed by atoms with E-state index in [0.717, 1.165) is 44.2 Å². The van der Waals surface area contributed by atoms with Crippen LogP contribution >= 0.6 is 0 Å². The minimum absolute atomic E-state index is 0.216. The minimum Gasteiger partial charge on any atom is -0.396 e. The summed E-state index contributed by atoms with van der Waals surface area (Å²) in [4.78, 5) is 13.5. The van der Waals surface area contributed by atoms with E-state index in [-0.39, 0.29) is 6.61 Å². The Bertz CT molecular complexity index is 548. The fraction of sp³-hybridized carbons (Fsp3) is 0.765. The number of aromatic nitrogens is 2. The van der Waals surface area contributed by atoms with Crippen molar-refractivity contribution in [2.75, 3.05) is 48.7 Å². The molecular weight excluding hydrogens is 304 g/mol. The van der Waals surface area contributed by atoms with Crippen LogP contribution in [0, 0.1) is 5.92 Å². The average Bonchev–Trinajstić information content (AvgIpc) is 3.32. The van der Waals surface area contributed by atoms with Gasteiger partial charge in [-0.15, -0.1) is 0 Å². The standard InChI is InChI=1S/C17H30N6O/c1-12(2)10-22-6-7-23(11-14(22)5-8-24)16-9-15(19-13-3-4-13)20-17(18)21-16/h9,12-14,24H,3-8,10-11H2,1-2H3,(H3,18,19,20,21). The number of nitrogen functional groups attached to an aromatic ring is 1. The highest BCUT2D eigenvalue weighted by atomic mass is 16.3. The molecule has 7 heteroatoms. The number of hydrogen-bond acceptors (Lipinski definition) is 7. The Morgan fingerprint density at radius 1 is 1.33 bits per heavy atom. The molecule has 1 unspecified atom stereocenters. The van der Waals surface area contributed by atoms with Crippen molar-refractivity contribution in [2.45, 2.75) is 45.2 Å². The number of nitrogens with two attached hydrogens (primary N) is 1. The van der Waals surface area contributed by atoms with Gasteiger partial charge in [-0.1, -0.05) is 13.8 Å². The molecule has 2 fully saturated rings. The zero-order valence-electron chi connectivity index (χ0n) is 14.8. The number of nitrogens with zero attached hydrogens (tertiary/aromatic N) is 4. The Morgan fingerprint density at radius 2 is 2.12 bits per heavy atom. The van der Waals surface area contributed by atoms with Crippen molar-refractivity contribution in [2.24, 2.45) is 5.92 Å². The molecule has 134 valence electrons. The predicted molar refractivity (Wildman–Crippen MR) is 97.2 cm³/mol. The van der Waals surface area contributed by atoms with E-state index in [0.29, 0.717) is 23.9 Å². The smallest absolute Gasteiger partial charge is 0.223 e. The van der Waals surface area contributed by atoms with Gasteiger partial charge in [-0.25, -0.2) is 0 Å². The van der Waals surface area contributed by atoms with Crippen molar-refractivity contribution in [3.8, 4) is 0 Å². The van der Waals surface area contributed by atoms with Crippen LogP contribution in [0.3, 0.4) is 0 Å². The Morgan fingerprint density at radius 3 is 2.79 bits per heavy atom. The first-order valence-electron chi connectivity index (χ1n) is 9.06. The van der Waals surface area contributed by atoms with Crippen molar-refractivity contribution in [1.82, 2.24) is 14.9 Å². The Hall–Kier alpha value is -1.60. The second-order valence-electron chi connectivity index (χ2n) is 7.39. The van der Waals surface area contributed by atoms with Crippen molar-refractivity contribution in [1.29, 1.82) is 0 Å². The van der Waals surface area contributed by atoms with E-state index in [1.807, 2.05) is 6.07 Å². The molecule has 0 amide bonds. The highest BCUT2D eigenvalue weighted by Gasteiger charge is 2.28. The molecule has 24 heavy (non-hydrogen) atoms. The van der Waals surface area contributed by atoms with Gasteiger partial charge < -0.3 is 21.1 Å². The van der Waals surface area contributed by atoms with Gasteiger partial charge in [-0.3, -0.25) is 4.90 Å². The molecule has 2 heterocycles. The summed E-state index contributed by atoms with van der Waals surface area (Å²) >= 11 is 0. The summed E-state index contributed by atoms with van der Waals surface area (Å²) in [5, 5.41) is 12.8. The van der Waals surface area contributed by atoms with E-state index in [1.165, 1.54) is 12.8 Å². The number of anilines is 3. The molecule has 3 rings (SSSR count). The van der Waals surface area contributed by atoms with Crippen LogP contribution in [-0.4, -0.2) is 64.8 Å². The third kappa shape index (κ3) is 4.48. The highest BCUT2D eigenvalue weighted by molar-refractivity contribution is 5.53. The van der Waals surface area contributed by atoms with Crippen LogP contribution < -0.4 is 16.0 Å². The van der Waals surface area contributed by atoms with Gasteiger partial charge in [0.2, 0.25) is 5.95 Å². The minimum atomic E-state index is 0.216. The van der Waals surface area contributed by atoms with Crippen molar-refractivity contribution in [3.05, 3.63) is 6.07 Å². The third-order valence-corrected chi connectivity index (χ3v) is 4.65. The molecule has 1 aromatic heterocycles. The quantitative estimate of drug-likeness (QED) is 0.689. The number of aliphatic hydroxyl groups is 1. The number of piperazine rings is 1. The number of hydrogen-bond donors (Lipinski definition) is 3. The summed E-state index contributed by atoms with van der Waals surface area (Å²) in [6.07, 6.45) is 3.19. The largest absolute Gasteiger partial charge is 0.396 e. The molecule has 0 radical (unpaired) electrons. The Balaban J connectivity index is 1.71. The lowest BCUT2D eigenvalue weighted by Gasteiger charge is -2.42. The van der Waals surface area contributed by atoms with Crippen LogP contribution in [0.5, 0.6) is 0 Å². The third-order valence-electron chi connectivity index (χ3n) is 4.65. The van der Waals surface area contributed by atoms with E-state index in [1.54, 1.807) is 0 Å². The van der Waals surface area contributed by atoms with Gasteiger partial charge in [-0.05, 0) is 25.2 Å². The second-order valence-corrected chi connectivity index (χ2v) is 7.39. The Kier molecular flexibility index (Phi) is 5.40. The Labute approximate surface area is 144 Å². The molecule has 0 bridgehead atoms. The molecule has 1 aromatic rings. The first-order chi connectivity index (χ1) is 11.5. The maximum atomic E-state index is 9.42. The van der Waals surface area contributed by atoms with E-state index in [9.17, 15) is 5.11 Å². The first-order valence-corrected chi connectivity index (χ1v) is 9.06. The molecule has 1 saturated carbocycles. The van der Waals surface area contributed by atoms with E-state index in [4.69, 9.17) is 5.73 Å². The van der Waals surface area contributed by atoms with Gasteiger partial charge in [-0.2, -0.15) is 9.97 Å². The molecule has 0 spiro atoms. The van der Waals surface area contributed by atoms with Gasteiger partial charge in [0.1, 0.15) is 11.6 Å². The number of nitrogens with one attached hydrogen (secondary N) is 1. The van der Waals surface area contributed by atoms with Gasteiger partial charge in [0.15, 0.2) is 0 Å². The van der Waals surface area contributed by atoms with Crippen molar-refractivity contribution >= 4 is 17.6 Å². The van der Waals surface area contributed by atoms with Crippen LogP contribution in [0.15, 0.2) is 6.07 Å². The molecular formula is C17H30N6O. The van der Waals surface area contributed by atoms with Gasteiger partial charge in [0, 0.05) is 50.9 Å². The van der Waals surface area contributed by atoms with Crippen LogP contribution in [0.2, 0.25) is 0 Å². The van der Waals surface area contributed by atoms with Crippen molar-refractivity contribution < 1.29 is 5.11 Å². The lowest BCUT2D eigenvalue weighted by molar-refractivity contribution is 0.128. The predicted octanol–water partition coefficient (Wildman–Crippen LogP) is 1.16. The fourth-order valence-electron chi connectivity index (χ4n) is 3.36. The van der Waals surface area contributed by atoms with Gasteiger partial charge >= 0.3 is 0 Å². The zero-order valence-corrected chi connectivity index (χ0v) is 14.8. The van der Waals surface area contributed by atoms with Crippen molar-refractivity contribution in [3.63, 3.8) is 0 Å². The van der Waals surface area contributed by atoms with E-state index < -0.39 is 0 Å². The van der Waals surface area contributed by atoms with Gasteiger partial charge in [0.25, 0.3) is 0 Å². The van der Waals surface area contributed by atoms with Crippen LogP contribution in [0.4, 0.5) is 17.6 Å². The number of rotatable bonds is 7. The average molecular weight is 334 g/mol. The summed E-state index contributed by atoms with van der Waals surface area (Å²) in [7, 11) is 0. The summed E-state index contributed by atoms with van der Waals surface area (Å²) in [6, 6.07) is 2.89. The molecule has 1 atom stereocenters. The lowest BCUT2D eigenvalue weighted by Crippen LogP contribution is -2.54. The topological polar surface area (TPSA) is 90.5 Å². The summed E-state index contributed by atoms with van der Waals surface area (Å²) < 4.78 is 0. The maximum absolute atomic E-state index is 9.42. The monoisotopic (exact) mass is 334 g/mol. The second kappa shape index (κ2) is 7.53. The van der Waals surface area contributed by atoms with Gasteiger partial charge in [0.05, 0.1) is 0 Å². The fourth-order valence-corrected chi connectivity index (χ4v) is 3.36. The molecule has 7 nitrogen and oxygen atoms in total. The van der Waals surface area contributed by atoms with Crippen LogP contribution in [0.25, 0.3) is 0 Å². The van der Waals surface area contributed by atoms with Crippen LogP contribution in [0.1, 0.15) is 33.1 Å². The molecule has 2 aliphatic rings.